The molecular weight excluding hydrogens is 147 g/mol. The average Bonchev–Trinajstić information content (AvgIpc) is 1.84. The zero-order chi connectivity index (χ0) is 6.57. The molecule has 0 amide bonds. The summed E-state index contributed by atoms with van der Waals surface area (Å²) in [5, 5.41) is 2.44. The van der Waals surface area contributed by atoms with Crippen LogP contribution < -0.4 is 5.09 Å². The van der Waals surface area contributed by atoms with Crippen LogP contribution in [0.25, 0.3) is 0 Å². The minimum Gasteiger partial charge on any atom is -0.293 e. The molecule has 0 spiro atoms. The SMILES string of the molecule is [2H]C(NP)C(=O)PP. The molecule has 1 N–H and O–H groups in total. The van der Waals surface area contributed by atoms with Gasteiger partial charge in [-0.05, 0) is 8.27 Å². The monoisotopic (exact) mass is 156 g/mol. The van der Waals surface area contributed by atoms with Crippen molar-refractivity contribution in [3.05, 3.63) is 0 Å². The zero-order valence-electron chi connectivity index (χ0n) is 4.64. The van der Waals surface area contributed by atoms with Gasteiger partial charge in [0.2, 0.25) is 0 Å². The quantitative estimate of drug-likeness (QED) is 0.597. The average molecular weight is 156 g/mol. The number of hydrogen-bond acceptors (Lipinski definition) is 2. The molecule has 5 heteroatoms. The number of carbonyl (C=O) groups is 1. The molecule has 0 bridgehead atoms. The fourth-order valence-corrected chi connectivity index (χ4v) is 0.852. The van der Waals surface area contributed by atoms with Gasteiger partial charge in [-0.3, -0.25) is 9.88 Å². The van der Waals surface area contributed by atoms with Crippen LogP contribution in [0.2, 0.25) is 0 Å². The van der Waals surface area contributed by atoms with E-state index in [1.54, 1.807) is 0 Å². The van der Waals surface area contributed by atoms with Crippen LogP contribution in [0.5, 0.6) is 0 Å². The van der Waals surface area contributed by atoms with Crippen LogP contribution in [0.4, 0.5) is 0 Å². The van der Waals surface area contributed by atoms with Gasteiger partial charge in [0.1, 0.15) is 0 Å². The first-order valence-electron chi connectivity index (χ1n) is 2.19. The normalized spacial score (nSPS) is 17.1. The highest BCUT2D eigenvalue weighted by Gasteiger charge is 1.90. The van der Waals surface area contributed by atoms with Crippen LogP contribution in [0, 0.1) is 0 Å². The molecule has 0 saturated carbocycles. The molecule has 7 heavy (non-hydrogen) atoms. The maximum absolute atomic E-state index is 10.5. The summed E-state index contributed by atoms with van der Waals surface area (Å²) in [6, 6.07) is 0. The van der Waals surface area contributed by atoms with Gasteiger partial charge < -0.3 is 0 Å². The molecule has 4 atom stereocenters. The lowest BCUT2D eigenvalue weighted by atomic mass is 10.8. The summed E-state index contributed by atoms with van der Waals surface area (Å²) in [6.45, 7) is -0.768. The van der Waals surface area contributed by atoms with Crippen molar-refractivity contribution < 1.29 is 6.17 Å². The van der Waals surface area contributed by atoms with Crippen molar-refractivity contribution in [1.29, 1.82) is 0 Å². The molecule has 2 nitrogen and oxygen atoms in total. The summed E-state index contributed by atoms with van der Waals surface area (Å²) in [5.74, 6) is 0. The van der Waals surface area contributed by atoms with Crippen LogP contribution >= 0.6 is 26.6 Å². The minimum absolute atomic E-state index is 0.0926. The smallest absolute Gasteiger partial charge is 0.169 e. The van der Waals surface area contributed by atoms with E-state index in [2.05, 4.69) is 23.4 Å². The van der Waals surface area contributed by atoms with Crippen molar-refractivity contribution in [3.63, 3.8) is 0 Å². The molecule has 0 aliphatic heterocycles. The molecule has 0 aromatic heterocycles. The van der Waals surface area contributed by atoms with Crippen molar-refractivity contribution in [3.8, 4) is 0 Å². The van der Waals surface area contributed by atoms with Crippen LogP contribution in [-0.4, -0.2) is 12.0 Å². The molecule has 0 heterocycles. The topological polar surface area (TPSA) is 29.1 Å². The van der Waals surface area contributed by atoms with Crippen molar-refractivity contribution in [2.24, 2.45) is 0 Å². The molecule has 0 aliphatic rings. The first kappa shape index (κ1) is 6.05. The van der Waals surface area contributed by atoms with E-state index in [1.165, 1.54) is 0 Å². The first-order valence-corrected chi connectivity index (χ1v) is 5.00. The Morgan fingerprint density at radius 1 is 2.14 bits per heavy atom. The molecule has 0 radical (unpaired) electrons. The van der Waals surface area contributed by atoms with E-state index >= 15 is 0 Å². The summed E-state index contributed by atoms with van der Waals surface area (Å²) in [6.07, 6.45) is 0. The third-order valence-corrected chi connectivity index (χ3v) is 1.81. The number of hydrogen-bond donors (Lipinski definition) is 1. The van der Waals surface area contributed by atoms with E-state index in [0.717, 1.165) is 0 Å². The minimum atomic E-state index is -0.768. The molecule has 0 aromatic carbocycles. The van der Waals surface area contributed by atoms with E-state index in [-0.39, 0.29) is 13.8 Å². The third-order valence-electron chi connectivity index (χ3n) is 0.357. The molecule has 42 valence electrons. The predicted molar refractivity (Wildman–Crippen MR) is 40.7 cm³/mol. The van der Waals surface area contributed by atoms with Gasteiger partial charge in [0.05, 0.1) is 7.89 Å². The fourth-order valence-electron chi connectivity index (χ4n) is 0.117. The summed E-state index contributed by atoms with van der Waals surface area (Å²) in [5.41, 5.74) is -0.0926. The lowest BCUT2D eigenvalue weighted by Gasteiger charge is -1.90. The van der Waals surface area contributed by atoms with Crippen LogP contribution in [0.1, 0.15) is 1.37 Å². The lowest BCUT2D eigenvalue weighted by Crippen LogP contribution is -2.07. The van der Waals surface area contributed by atoms with Gasteiger partial charge in [-0.1, -0.05) is 9.39 Å². The van der Waals surface area contributed by atoms with Crippen molar-refractivity contribution in [1.82, 2.24) is 5.09 Å². The van der Waals surface area contributed by atoms with Crippen molar-refractivity contribution >= 4 is 32.1 Å². The van der Waals surface area contributed by atoms with Crippen LogP contribution in [0.15, 0.2) is 0 Å². The Balaban J connectivity index is 3.46. The van der Waals surface area contributed by atoms with E-state index in [1.807, 2.05) is 0 Å². The Bertz CT molecular complexity index is 89.4. The van der Waals surface area contributed by atoms with Gasteiger partial charge in [0.25, 0.3) is 0 Å². The maximum Gasteiger partial charge on any atom is 0.169 e. The fraction of sp³-hybridized carbons (Fsp3) is 0.500. The van der Waals surface area contributed by atoms with Crippen LogP contribution in [-0.2, 0) is 4.79 Å². The number of carbonyl (C=O) groups excluding carboxylic acids is 1. The largest absolute Gasteiger partial charge is 0.293 e. The van der Waals surface area contributed by atoms with E-state index < -0.39 is 6.52 Å². The second-order valence-corrected chi connectivity index (χ2v) is 2.80. The van der Waals surface area contributed by atoms with Gasteiger partial charge in [-0.2, -0.15) is 0 Å². The molecule has 4 unspecified atom stereocenters. The molecule has 0 rings (SSSR count). The highest BCUT2D eigenvalue weighted by molar-refractivity contribution is 8.11. The molecule has 0 aromatic rings. The summed E-state index contributed by atoms with van der Waals surface area (Å²) >= 11 is 0. The van der Waals surface area contributed by atoms with Gasteiger partial charge in [0, 0.05) is 0 Å². The Kier molecular flexibility index (Phi) is 4.37. The van der Waals surface area contributed by atoms with E-state index in [9.17, 15) is 4.79 Å². The maximum atomic E-state index is 10.5. The van der Waals surface area contributed by atoms with Gasteiger partial charge >= 0.3 is 0 Å². The van der Waals surface area contributed by atoms with Gasteiger partial charge in [-0.25, -0.2) is 0 Å². The summed E-state index contributed by atoms with van der Waals surface area (Å²) in [7, 11) is 4.56. The van der Waals surface area contributed by atoms with E-state index in [0.29, 0.717) is 0 Å². The molecular formula is C2H8NOP3. The molecule has 0 saturated heterocycles. The first-order chi connectivity index (χ1) is 3.72. The highest BCUT2D eigenvalue weighted by atomic mass is 32.0. The van der Waals surface area contributed by atoms with Gasteiger partial charge in [-0.15, -0.1) is 8.93 Å². The second-order valence-electron chi connectivity index (χ2n) is 0.820. The van der Waals surface area contributed by atoms with Crippen LogP contribution in [0.3, 0.4) is 0 Å². The standard InChI is InChI=1S/C2H8NOP3/c4-2(7-6)1-3-5/h3,7H,1,5-6H2/i1D. The van der Waals surface area contributed by atoms with E-state index in [4.69, 9.17) is 1.37 Å². The number of nitrogens with one attached hydrogen (secondary N) is 1. The highest BCUT2D eigenvalue weighted by Crippen LogP contribution is 2.19. The predicted octanol–water partition coefficient (Wildman–Crippen LogP) is 0.361. The zero-order valence-corrected chi connectivity index (χ0v) is 6.95. The summed E-state index contributed by atoms with van der Waals surface area (Å²) < 4.78 is 6.94. The summed E-state index contributed by atoms with van der Waals surface area (Å²) in [4.78, 5) is 10.5. The van der Waals surface area contributed by atoms with Crippen molar-refractivity contribution in [2.75, 3.05) is 6.52 Å². The molecule has 0 aliphatic carbocycles. The lowest BCUT2D eigenvalue weighted by molar-refractivity contribution is -0.110. The molecule has 0 fully saturated rings. The Labute approximate surface area is 50.7 Å². The Morgan fingerprint density at radius 2 is 2.71 bits per heavy atom. The second kappa shape index (κ2) is 5.06. The third kappa shape index (κ3) is 4.78. The number of rotatable bonds is 3. The Morgan fingerprint density at radius 3 is 2.86 bits per heavy atom. The van der Waals surface area contributed by atoms with Crippen molar-refractivity contribution in [2.45, 2.75) is 0 Å². The Hall–Kier alpha value is 0.920. The van der Waals surface area contributed by atoms with Gasteiger partial charge in [0.15, 0.2) is 5.52 Å².